The second-order valence-electron chi connectivity index (χ2n) is 18.1. The van der Waals surface area contributed by atoms with Crippen molar-refractivity contribution in [3.05, 3.63) is 178 Å². The van der Waals surface area contributed by atoms with Gasteiger partial charge in [0.25, 0.3) is 11.1 Å². The maximum Gasteiger partial charge on any atom is 0.258 e. The topological polar surface area (TPSA) is 84.2 Å². The van der Waals surface area contributed by atoms with Crippen molar-refractivity contribution in [2.75, 3.05) is 69.2 Å². The molecule has 0 atom stereocenters. The van der Waals surface area contributed by atoms with Gasteiger partial charge in [0.2, 0.25) is 0 Å². The zero-order chi connectivity index (χ0) is 43.1. The number of pyridine rings is 2. The Labute approximate surface area is 386 Å². The van der Waals surface area contributed by atoms with Crippen LogP contribution in [0.1, 0.15) is 64.5 Å². The van der Waals surface area contributed by atoms with Crippen LogP contribution in [0.2, 0.25) is 0 Å². The maximum absolute atomic E-state index is 12.7. The zero-order valence-electron chi connectivity index (χ0n) is 36.5. The summed E-state index contributed by atoms with van der Waals surface area (Å²) in [7, 11) is 2.22. The SMILES string of the molecule is C.C.CN1CCC2(CC1)CCN(c1ccc(-n3ccc(OCc4ccccc4)cc3=O)cc1)C2.O=c1cc(OCc2ccccc2)ccn1-c1ccc(N2CCC3(CCNCC3)C2)cc1. The van der Waals surface area contributed by atoms with Gasteiger partial charge in [-0.05, 0) is 154 Å². The Morgan fingerprint density at radius 1 is 0.492 bits per heavy atom. The van der Waals surface area contributed by atoms with Gasteiger partial charge in [0.05, 0.1) is 0 Å². The molecule has 4 fully saturated rings. The van der Waals surface area contributed by atoms with Gasteiger partial charge in [-0.2, -0.15) is 0 Å². The van der Waals surface area contributed by atoms with Crippen molar-refractivity contribution in [1.82, 2.24) is 19.4 Å². The van der Waals surface area contributed by atoms with Crippen molar-refractivity contribution in [3.8, 4) is 22.9 Å². The molecule has 0 radical (unpaired) electrons. The molecule has 0 aliphatic carbocycles. The Morgan fingerprint density at radius 2 is 0.877 bits per heavy atom. The van der Waals surface area contributed by atoms with E-state index in [0.29, 0.717) is 35.5 Å². The number of ether oxygens (including phenoxy) is 2. The summed E-state index contributed by atoms with van der Waals surface area (Å²) in [6.07, 6.45) is 11.3. The van der Waals surface area contributed by atoms with Crippen molar-refractivity contribution < 1.29 is 9.47 Å². The summed E-state index contributed by atoms with van der Waals surface area (Å²) in [6.45, 7) is 10.1. The lowest BCUT2D eigenvalue weighted by Gasteiger charge is -2.37. The number of aromatic nitrogens is 2. The van der Waals surface area contributed by atoms with E-state index >= 15 is 0 Å². The van der Waals surface area contributed by atoms with E-state index in [0.717, 1.165) is 61.8 Å². The third kappa shape index (κ3) is 11.4. The summed E-state index contributed by atoms with van der Waals surface area (Å²) in [5.74, 6) is 1.18. The average molecular weight is 877 g/mol. The van der Waals surface area contributed by atoms with Gasteiger partial charge in [0.15, 0.2) is 0 Å². The van der Waals surface area contributed by atoms with Gasteiger partial charge in [0.1, 0.15) is 24.7 Å². The lowest BCUT2D eigenvalue weighted by atomic mass is 9.78. The van der Waals surface area contributed by atoms with Gasteiger partial charge in [-0.3, -0.25) is 18.7 Å². The minimum absolute atomic E-state index is 0. The van der Waals surface area contributed by atoms with Crippen LogP contribution in [0.5, 0.6) is 11.5 Å². The van der Waals surface area contributed by atoms with E-state index in [1.165, 1.54) is 63.0 Å². The second-order valence-corrected chi connectivity index (χ2v) is 18.1. The molecule has 2 spiro atoms. The second kappa shape index (κ2) is 21.3. The smallest absolute Gasteiger partial charge is 0.258 e. The summed E-state index contributed by atoms with van der Waals surface area (Å²) in [4.78, 5) is 32.8. The van der Waals surface area contributed by atoms with Crippen molar-refractivity contribution in [2.45, 2.75) is 66.6 Å². The van der Waals surface area contributed by atoms with E-state index in [4.69, 9.17) is 9.47 Å². The quantitative estimate of drug-likeness (QED) is 0.146. The van der Waals surface area contributed by atoms with Crippen molar-refractivity contribution >= 4 is 11.4 Å². The van der Waals surface area contributed by atoms with Crippen LogP contribution in [-0.4, -0.2) is 73.4 Å². The molecule has 2 aromatic heterocycles. The highest BCUT2D eigenvalue weighted by Gasteiger charge is 2.40. The molecular formula is C55H68N6O4. The third-order valence-corrected chi connectivity index (χ3v) is 13.9. The molecule has 342 valence electrons. The van der Waals surface area contributed by atoms with Gasteiger partial charge in [-0.1, -0.05) is 75.5 Å². The fourth-order valence-electron chi connectivity index (χ4n) is 9.83. The molecule has 1 N–H and O–H groups in total. The van der Waals surface area contributed by atoms with Gasteiger partial charge in [-0.25, -0.2) is 0 Å². The van der Waals surface area contributed by atoms with E-state index in [9.17, 15) is 9.59 Å². The Balaban J connectivity index is 0.000000188. The first-order valence-electron chi connectivity index (χ1n) is 22.7. The number of nitrogens with zero attached hydrogens (tertiary/aromatic N) is 5. The molecule has 10 nitrogen and oxygen atoms in total. The highest BCUT2D eigenvalue weighted by Crippen LogP contribution is 2.42. The minimum atomic E-state index is -0.0897. The third-order valence-electron chi connectivity index (χ3n) is 13.9. The monoisotopic (exact) mass is 877 g/mol. The number of anilines is 2. The molecule has 0 unspecified atom stereocenters. The van der Waals surface area contributed by atoms with Gasteiger partial charge in [0, 0.05) is 73.5 Å². The van der Waals surface area contributed by atoms with Crippen molar-refractivity contribution in [3.63, 3.8) is 0 Å². The number of rotatable bonds is 10. The van der Waals surface area contributed by atoms with Crippen molar-refractivity contribution in [1.29, 1.82) is 0 Å². The van der Waals surface area contributed by atoms with E-state index in [1.807, 2.05) is 97.1 Å². The molecule has 0 bridgehead atoms. The first kappa shape index (κ1) is 46.9. The van der Waals surface area contributed by atoms with Crippen LogP contribution in [0.15, 0.2) is 155 Å². The first-order valence-corrected chi connectivity index (χ1v) is 22.7. The summed E-state index contributed by atoms with van der Waals surface area (Å²) in [5, 5.41) is 3.48. The molecule has 6 aromatic rings. The molecule has 10 heteroatoms. The van der Waals surface area contributed by atoms with Gasteiger partial charge in [-0.15, -0.1) is 0 Å². The average Bonchev–Trinajstić information content (AvgIpc) is 3.94. The Bertz CT molecular complexity index is 2530. The summed E-state index contributed by atoms with van der Waals surface area (Å²) in [5.41, 5.74) is 7.19. The van der Waals surface area contributed by atoms with Crippen molar-refractivity contribution in [2.24, 2.45) is 10.8 Å². The highest BCUT2D eigenvalue weighted by molar-refractivity contribution is 5.53. The van der Waals surface area contributed by atoms with E-state index in [-0.39, 0.29) is 26.0 Å². The standard InChI is InChI=1S/C27H31N3O2.C26H29N3O2.2CH4/c1-28-16-12-27(13-17-28)14-18-29(21-27)23-7-9-24(10-8-23)30-15-11-25(19-26(30)31)32-20-22-5-3-2-4-6-22;30-25-18-24(31-19-21-4-2-1-3-5-21)10-16-29(25)23-8-6-22(7-9-23)28-17-13-26(20-28)11-14-27-15-12-26;;/h2-11,15,19H,12-14,16-18,20-21H2,1H3;1-10,16,18,27H,11-15,17,19-20H2;2*1H4. The molecule has 6 heterocycles. The largest absolute Gasteiger partial charge is 0.489 e. The molecular weight excluding hydrogens is 809 g/mol. The Morgan fingerprint density at radius 3 is 1.29 bits per heavy atom. The molecule has 0 saturated carbocycles. The van der Waals surface area contributed by atoms with Crippen LogP contribution in [0.3, 0.4) is 0 Å². The molecule has 65 heavy (non-hydrogen) atoms. The number of hydrogen-bond acceptors (Lipinski definition) is 8. The fraction of sp³-hybridized carbons (Fsp3) is 0.382. The number of piperidine rings is 2. The van der Waals surface area contributed by atoms with Gasteiger partial charge >= 0.3 is 0 Å². The lowest BCUT2D eigenvalue weighted by molar-refractivity contribution is 0.142. The number of likely N-dealkylation sites (tertiary alicyclic amines) is 1. The number of hydrogen-bond donors (Lipinski definition) is 1. The Kier molecular flexibility index (Phi) is 15.3. The van der Waals surface area contributed by atoms with E-state index in [1.54, 1.807) is 33.7 Å². The maximum atomic E-state index is 12.7. The molecule has 4 aliphatic rings. The predicted octanol–water partition coefficient (Wildman–Crippen LogP) is 9.61. The first-order chi connectivity index (χ1) is 30.8. The predicted molar refractivity (Wildman–Crippen MR) is 266 cm³/mol. The number of nitrogens with one attached hydrogen (secondary N) is 1. The molecule has 10 rings (SSSR count). The lowest BCUT2D eigenvalue weighted by Crippen LogP contribution is -2.39. The summed E-state index contributed by atoms with van der Waals surface area (Å²) >= 11 is 0. The Hall–Kier alpha value is -6.10. The molecule has 4 saturated heterocycles. The normalized spacial score (nSPS) is 17.4. The summed E-state index contributed by atoms with van der Waals surface area (Å²) < 4.78 is 14.9. The summed E-state index contributed by atoms with van der Waals surface area (Å²) in [6, 6.07) is 43.5. The van der Waals surface area contributed by atoms with E-state index < -0.39 is 0 Å². The minimum Gasteiger partial charge on any atom is -0.489 e. The number of benzene rings is 4. The van der Waals surface area contributed by atoms with Crippen LogP contribution in [0.25, 0.3) is 11.4 Å². The van der Waals surface area contributed by atoms with Gasteiger partial charge < -0.3 is 29.5 Å². The van der Waals surface area contributed by atoms with Crippen LogP contribution >= 0.6 is 0 Å². The fourth-order valence-corrected chi connectivity index (χ4v) is 9.83. The highest BCUT2D eigenvalue weighted by atomic mass is 16.5. The van der Waals surface area contributed by atoms with Crippen LogP contribution in [0, 0.1) is 10.8 Å². The van der Waals surface area contributed by atoms with Crippen LogP contribution < -0.4 is 35.7 Å². The van der Waals surface area contributed by atoms with Crippen LogP contribution in [0.4, 0.5) is 11.4 Å². The molecule has 0 amide bonds. The molecule has 4 aromatic carbocycles. The zero-order valence-corrected chi connectivity index (χ0v) is 36.5. The molecule has 4 aliphatic heterocycles. The van der Waals surface area contributed by atoms with E-state index in [2.05, 4.69) is 51.3 Å². The van der Waals surface area contributed by atoms with Crippen LogP contribution in [-0.2, 0) is 13.2 Å².